The third-order valence-electron chi connectivity index (χ3n) is 4.25. The van der Waals surface area contributed by atoms with Crippen molar-refractivity contribution in [2.24, 2.45) is 7.05 Å². The number of rotatable bonds is 8. The van der Waals surface area contributed by atoms with Gasteiger partial charge < -0.3 is 14.6 Å². The van der Waals surface area contributed by atoms with Gasteiger partial charge in [0.15, 0.2) is 16.8 Å². The minimum absolute atomic E-state index is 0.0544. The molecule has 3 rings (SSSR count). The van der Waals surface area contributed by atoms with E-state index in [1.807, 2.05) is 26.1 Å². The second-order valence-corrected chi connectivity index (χ2v) is 8.00. The average molecular weight is 445 g/mol. The van der Waals surface area contributed by atoms with Crippen LogP contribution < -0.4 is 10.1 Å². The Balaban J connectivity index is 1.56. The summed E-state index contributed by atoms with van der Waals surface area (Å²) in [6, 6.07) is 12.4. The van der Waals surface area contributed by atoms with Gasteiger partial charge in [0.05, 0.1) is 10.8 Å². The number of thioether (sulfide) groups is 1. The number of hydrogen-bond acceptors (Lipinski definition) is 6. The number of amides is 1. The van der Waals surface area contributed by atoms with Crippen LogP contribution in [-0.2, 0) is 18.4 Å². The van der Waals surface area contributed by atoms with E-state index in [2.05, 4.69) is 15.5 Å². The second kappa shape index (κ2) is 9.77. The topological polar surface area (TPSA) is 86.1 Å². The fraction of sp³-hybridized carbons (Fsp3) is 0.238. The molecular weight excluding hydrogens is 424 g/mol. The van der Waals surface area contributed by atoms with E-state index in [1.54, 1.807) is 34.9 Å². The van der Waals surface area contributed by atoms with E-state index < -0.39 is 0 Å². The number of ketones is 1. The summed E-state index contributed by atoms with van der Waals surface area (Å²) in [5.74, 6) is 1.10. The molecule has 2 aromatic carbocycles. The van der Waals surface area contributed by atoms with Crippen LogP contribution in [0.5, 0.6) is 5.75 Å². The molecule has 30 heavy (non-hydrogen) atoms. The Morgan fingerprint density at radius 3 is 2.77 bits per heavy atom. The molecule has 0 atom stereocenters. The Labute approximate surface area is 183 Å². The molecule has 0 radical (unpaired) electrons. The lowest BCUT2D eigenvalue weighted by Gasteiger charge is -2.09. The van der Waals surface area contributed by atoms with E-state index in [0.29, 0.717) is 33.0 Å². The van der Waals surface area contributed by atoms with Crippen LogP contribution in [0, 0.1) is 6.92 Å². The van der Waals surface area contributed by atoms with E-state index in [9.17, 15) is 9.59 Å². The number of Topliss-reactive ketones (excluding diaryl/α,β-unsaturated/α-hetero) is 1. The van der Waals surface area contributed by atoms with Crippen molar-refractivity contribution in [3.8, 4) is 5.75 Å². The highest BCUT2D eigenvalue weighted by Gasteiger charge is 2.13. The number of nitrogens with zero attached hydrogens (tertiary/aromatic N) is 3. The van der Waals surface area contributed by atoms with Crippen LogP contribution in [0.4, 0.5) is 5.69 Å². The van der Waals surface area contributed by atoms with Crippen LogP contribution in [0.3, 0.4) is 0 Å². The Morgan fingerprint density at radius 1 is 1.20 bits per heavy atom. The first kappa shape index (κ1) is 21.9. The number of nitrogens with one attached hydrogen (secondary N) is 1. The first-order valence-electron chi connectivity index (χ1n) is 9.14. The molecule has 0 bridgehead atoms. The molecule has 156 valence electrons. The molecule has 1 aromatic heterocycles. The van der Waals surface area contributed by atoms with Gasteiger partial charge >= 0.3 is 0 Å². The Hall–Kier alpha value is -2.84. The second-order valence-electron chi connectivity index (χ2n) is 6.65. The van der Waals surface area contributed by atoms with Gasteiger partial charge in [0, 0.05) is 18.3 Å². The highest BCUT2D eigenvalue weighted by atomic mass is 35.5. The molecule has 0 fully saturated rings. The predicted octanol–water partition coefficient (Wildman–Crippen LogP) is 4.29. The molecule has 0 aliphatic rings. The van der Waals surface area contributed by atoms with Crippen molar-refractivity contribution in [3.63, 3.8) is 0 Å². The van der Waals surface area contributed by atoms with E-state index in [1.165, 1.54) is 18.7 Å². The summed E-state index contributed by atoms with van der Waals surface area (Å²) in [5, 5.41) is 12.2. The van der Waals surface area contributed by atoms with E-state index in [0.717, 1.165) is 5.56 Å². The lowest BCUT2D eigenvalue weighted by molar-refractivity contribution is -0.113. The SMILES string of the molecule is CC(=O)c1cccc(NC(=O)CSc2nnc(COc3cc(C)ccc3Cl)n2C)c1. The van der Waals surface area contributed by atoms with Crippen molar-refractivity contribution in [3.05, 3.63) is 64.4 Å². The van der Waals surface area contributed by atoms with Crippen LogP contribution in [-0.4, -0.2) is 32.2 Å². The number of aryl methyl sites for hydroxylation is 1. The first-order valence-corrected chi connectivity index (χ1v) is 10.5. The highest BCUT2D eigenvalue weighted by Crippen LogP contribution is 2.26. The van der Waals surface area contributed by atoms with Crippen molar-refractivity contribution in [2.45, 2.75) is 25.6 Å². The van der Waals surface area contributed by atoms with E-state index >= 15 is 0 Å². The molecule has 0 aliphatic carbocycles. The molecule has 1 amide bonds. The standard InChI is InChI=1S/C21H21ClN4O3S/c1-13-7-8-17(22)18(9-13)29-11-19-24-25-21(26(19)3)30-12-20(28)23-16-6-4-5-15(10-16)14(2)27/h4-10H,11-12H2,1-3H3,(H,23,28). The van der Waals surface area contributed by atoms with E-state index in [4.69, 9.17) is 16.3 Å². The zero-order valence-electron chi connectivity index (χ0n) is 16.8. The lowest BCUT2D eigenvalue weighted by atomic mass is 10.1. The maximum absolute atomic E-state index is 12.3. The molecule has 0 aliphatic heterocycles. The largest absolute Gasteiger partial charge is 0.484 e. The van der Waals surface area contributed by atoms with Gasteiger partial charge in [-0.3, -0.25) is 9.59 Å². The predicted molar refractivity (Wildman–Crippen MR) is 117 cm³/mol. The van der Waals surface area contributed by atoms with Crippen LogP contribution in [0.25, 0.3) is 0 Å². The van der Waals surface area contributed by atoms with E-state index in [-0.39, 0.29) is 24.1 Å². The number of ether oxygens (including phenoxy) is 1. The summed E-state index contributed by atoms with van der Waals surface area (Å²) in [6.07, 6.45) is 0. The third kappa shape index (κ3) is 5.61. The van der Waals surface area contributed by atoms with Gasteiger partial charge in [-0.1, -0.05) is 41.6 Å². The average Bonchev–Trinajstić information content (AvgIpc) is 3.07. The summed E-state index contributed by atoms with van der Waals surface area (Å²) in [7, 11) is 1.81. The summed E-state index contributed by atoms with van der Waals surface area (Å²) in [6.45, 7) is 3.65. The molecule has 7 nitrogen and oxygen atoms in total. The van der Waals surface area contributed by atoms with Crippen LogP contribution in [0.1, 0.15) is 28.7 Å². The van der Waals surface area contributed by atoms with Crippen molar-refractivity contribution < 1.29 is 14.3 Å². The molecule has 1 heterocycles. The molecule has 0 saturated carbocycles. The maximum atomic E-state index is 12.3. The summed E-state index contributed by atoms with van der Waals surface area (Å²) >= 11 is 7.41. The summed E-state index contributed by atoms with van der Waals surface area (Å²) in [5.41, 5.74) is 2.17. The molecule has 1 N–H and O–H groups in total. The third-order valence-corrected chi connectivity index (χ3v) is 5.59. The van der Waals surface area contributed by atoms with Gasteiger partial charge in [-0.25, -0.2) is 0 Å². The van der Waals surface area contributed by atoms with Crippen molar-refractivity contribution in [1.29, 1.82) is 0 Å². The van der Waals surface area contributed by atoms with Crippen molar-refractivity contribution >= 4 is 40.7 Å². The number of benzene rings is 2. The smallest absolute Gasteiger partial charge is 0.234 e. The van der Waals surface area contributed by atoms with Crippen LogP contribution in [0.15, 0.2) is 47.6 Å². The Bertz CT molecular complexity index is 1080. The molecule has 0 saturated heterocycles. The van der Waals surface area contributed by atoms with Gasteiger partial charge in [0.25, 0.3) is 0 Å². The number of anilines is 1. The number of hydrogen-bond donors (Lipinski definition) is 1. The van der Waals surface area contributed by atoms with Gasteiger partial charge in [0.2, 0.25) is 5.91 Å². The van der Waals surface area contributed by atoms with Crippen LogP contribution in [0.2, 0.25) is 5.02 Å². The van der Waals surface area contributed by atoms with Crippen molar-refractivity contribution in [1.82, 2.24) is 14.8 Å². The fourth-order valence-electron chi connectivity index (χ4n) is 2.60. The van der Waals surface area contributed by atoms with Gasteiger partial charge in [-0.05, 0) is 43.7 Å². The molecule has 0 unspecified atom stereocenters. The minimum Gasteiger partial charge on any atom is -0.484 e. The highest BCUT2D eigenvalue weighted by molar-refractivity contribution is 7.99. The normalized spacial score (nSPS) is 10.7. The summed E-state index contributed by atoms with van der Waals surface area (Å²) in [4.78, 5) is 23.7. The van der Waals surface area contributed by atoms with Gasteiger partial charge in [0.1, 0.15) is 12.4 Å². The number of carbonyl (C=O) groups excluding carboxylic acids is 2. The Kier molecular flexibility index (Phi) is 7.12. The molecule has 0 spiro atoms. The van der Waals surface area contributed by atoms with Gasteiger partial charge in [-0.2, -0.15) is 0 Å². The maximum Gasteiger partial charge on any atom is 0.234 e. The zero-order valence-corrected chi connectivity index (χ0v) is 18.4. The number of carbonyl (C=O) groups is 2. The monoisotopic (exact) mass is 444 g/mol. The molecule has 9 heteroatoms. The molecular formula is C21H21ClN4O3S. The Morgan fingerprint density at radius 2 is 2.00 bits per heavy atom. The quantitative estimate of drug-likeness (QED) is 0.412. The number of halogens is 1. The van der Waals surface area contributed by atoms with Crippen molar-refractivity contribution in [2.75, 3.05) is 11.1 Å². The summed E-state index contributed by atoms with van der Waals surface area (Å²) < 4.78 is 7.54. The minimum atomic E-state index is -0.201. The fourth-order valence-corrected chi connectivity index (χ4v) is 3.51. The molecule has 3 aromatic rings. The lowest BCUT2D eigenvalue weighted by Crippen LogP contribution is -2.15. The zero-order chi connectivity index (χ0) is 21.7. The van der Waals surface area contributed by atoms with Crippen LogP contribution >= 0.6 is 23.4 Å². The van der Waals surface area contributed by atoms with Gasteiger partial charge in [-0.15, -0.1) is 10.2 Å². The number of aromatic nitrogens is 3. The first-order chi connectivity index (χ1) is 14.3.